The lowest BCUT2D eigenvalue weighted by atomic mass is 10.1. The minimum Gasteiger partial charge on any atom is -0.353 e. The number of carbonyl (C=O) groups excluding carboxylic acids is 1. The molecule has 2 nitrogen and oxygen atoms in total. The SMILES string of the molecule is CC=CCC1CCCCC(=O)N1. The highest BCUT2D eigenvalue weighted by Crippen LogP contribution is 2.11. The van der Waals surface area contributed by atoms with Gasteiger partial charge < -0.3 is 5.32 Å². The minimum absolute atomic E-state index is 0.224. The summed E-state index contributed by atoms with van der Waals surface area (Å²) in [4.78, 5) is 11.1. The summed E-state index contributed by atoms with van der Waals surface area (Å²) < 4.78 is 0. The Kier molecular flexibility index (Phi) is 3.85. The summed E-state index contributed by atoms with van der Waals surface area (Å²) in [6.07, 6.45) is 9.23. The van der Waals surface area contributed by atoms with E-state index in [0.717, 1.165) is 19.3 Å². The van der Waals surface area contributed by atoms with Crippen molar-refractivity contribution < 1.29 is 4.79 Å². The van der Waals surface area contributed by atoms with Crippen LogP contribution < -0.4 is 5.32 Å². The molecule has 1 fully saturated rings. The number of hydrogen-bond acceptors (Lipinski definition) is 1. The summed E-state index contributed by atoms with van der Waals surface area (Å²) in [5.41, 5.74) is 0. The van der Waals surface area contributed by atoms with Crippen LogP contribution >= 0.6 is 0 Å². The zero-order valence-corrected chi connectivity index (χ0v) is 7.68. The molecule has 0 bridgehead atoms. The second kappa shape index (κ2) is 4.96. The Morgan fingerprint density at radius 3 is 3.17 bits per heavy atom. The zero-order chi connectivity index (χ0) is 8.81. The molecule has 12 heavy (non-hydrogen) atoms. The number of carbonyl (C=O) groups is 1. The molecule has 0 radical (unpaired) electrons. The highest BCUT2D eigenvalue weighted by Gasteiger charge is 2.14. The fourth-order valence-corrected chi connectivity index (χ4v) is 1.53. The molecule has 0 aliphatic carbocycles. The first-order valence-corrected chi connectivity index (χ1v) is 4.73. The average Bonchev–Trinajstić information content (AvgIpc) is 2.26. The van der Waals surface area contributed by atoms with Crippen molar-refractivity contribution in [2.75, 3.05) is 0 Å². The maximum absolute atomic E-state index is 11.1. The van der Waals surface area contributed by atoms with Crippen LogP contribution in [-0.4, -0.2) is 11.9 Å². The third-order valence-electron chi connectivity index (χ3n) is 2.23. The smallest absolute Gasteiger partial charge is 0.220 e. The standard InChI is InChI=1S/C10H17NO/c1-2-3-6-9-7-4-5-8-10(12)11-9/h2-3,9H,4-8H2,1H3,(H,11,12). The molecule has 2 heteroatoms. The van der Waals surface area contributed by atoms with Gasteiger partial charge in [-0.05, 0) is 26.2 Å². The maximum Gasteiger partial charge on any atom is 0.220 e. The van der Waals surface area contributed by atoms with Gasteiger partial charge in [0.1, 0.15) is 0 Å². The second-order valence-corrected chi connectivity index (χ2v) is 3.31. The first-order valence-electron chi connectivity index (χ1n) is 4.73. The maximum atomic E-state index is 11.1. The Bertz CT molecular complexity index is 175. The van der Waals surface area contributed by atoms with Gasteiger partial charge in [-0.15, -0.1) is 0 Å². The monoisotopic (exact) mass is 167 g/mol. The van der Waals surface area contributed by atoms with E-state index in [1.807, 2.05) is 13.0 Å². The van der Waals surface area contributed by atoms with Gasteiger partial charge in [0.2, 0.25) is 5.91 Å². The molecule has 0 aromatic carbocycles. The van der Waals surface area contributed by atoms with Gasteiger partial charge in [-0.1, -0.05) is 18.6 Å². The third kappa shape index (κ3) is 3.07. The van der Waals surface area contributed by atoms with Gasteiger partial charge in [-0.3, -0.25) is 4.79 Å². The van der Waals surface area contributed by atoms with E-state index in [1.165, 1.54) is 6.42 Å². The average molecular weight is 167 g/mol. The van der Waals surface area contributed by atoms with Crippen molar-refractivity contribution in [3.63, 3.8) is 0 Å². The number of hydrogen-bond donors (Lipinski definition) is 1. The summed E-state index contributed by atoms with van der Waals surface area (Å²) in [6.45, 7) is 2.01. The first-order chi connectivity index (χ1) is 5.83. The predicted octanol–water partition coefficient (Wildman–Crippen LogP) is 2.01. The normalized spacial score (nSPS) is 25.4. The Balaban J connectivity index is 2.35. The summed E-state index contributed by atoms with van der Waals surface area (Å²) in [5.74, 6) is 0.224. The summed E-state index contributed by atoms with van der Waals surface area (Å²) in [7, 11) is 0. The first kappa shape index (κ1) is 9.30. The van der Waals surface area contributed by atoms with Crippen LogP contribution in [0.2, 0.25) is 0 Å². The van der Waals surface area contributed by atoms with Gasteiger partial charge in [0.15, 0.2) is 0 Å². The van der Waals surface area contributed by atoms with E-state index in [-0.39, 0.29) is 5.91 Å². The van der Waals surface area contributed by atoms with E-state index in [4.69, 9.17) is 0 Å². The predicted molar refractivity (Wildman–Crippen MR) is 49.8 cm³/mol. The lowest BCUT2D eigenvalue weighted by Crippen LogP contribution is -2.32. The molecule has 1 N–H and O–H groups in total. The molecular formula is C10H17NO. The molecule has 1 saturated heterocycles. The largest absolute Gasteiger partial charge is 0.353 e. The van der Waals surface area contributed by atoms with Crippen molar-refractivity contribution in [2.24, 2.45) is 0 Å². The van der Waals surface area contributed by atoms with E-state index in [0.29, 0.717) is 12.5 Å². The van der Waals surface area contributed by atoms with Crippen molar-refractivity contribution in [3.8, 4) is 0 Å². The lowest BCUT2D eigenvalue weighted by Gasteiger charge is -2.12. The highest BCUT2D eigenvalue weighted by atomic mass is 16.1. The van der Waals surface area contributed by atoms with Crippen LogP contribution in [0.1, 0.15) is 39.0 Å². The second-order valence-electron chi connectivity index (χ2n) is 3.31. The van der Waals surface area contributed by atoms with Gasteiger partial charge in [-0.2, -0.15) is 0 Å². The number of rotatable bonds is 2. The molecule has 1 aliphatic rings. The highest BCUT2D eigenvalue weighted by molar-refractivity contribution is 5.76. The Morgan fingerprint density at radius 2 is 2.42 bits per heavy atom. The van der Waals surface area contributed by atoms with E-state index in [9.17, 15) is 4.79 Å². The fraction of sp³-hybridized carbons (Fsp3) is 0.700. The Morgan fingerprint density at radius 1 is 1.58 bits per heavy atom. The van der Waals surface area contributed by atoms with Crippen molar-refractivity contribution in [3.05, 3.63) is 12.2 Å². The molecule has 1 amide bonds. The van der Waals surface area contributed by atoms with Gasteiger partial charge in [0, 0.05) is 12.5 Å². The molecule has 0 aromatic rings. The van der Waals surface area contributed by atoms with Crippen LogP contribution in [0, 0.1) is 0 Å². The fourth-order valence-electron chi connectivity index (χ4n) is 1.53. The molecule has 0 saturated carbocycles. The molecular weight excluding hydrogens is 150 g/mol. The molecule has 1 aliphatic heterocycles. The summed E-state index contributed by atoms with van der Waals surface area (Å²) in [6, 6.07) is 0.385. The summed E-state index contributed by atoms with van der Waals surface area (Å²) in [5, 5.41) is 3.02. The van der Waals surface area contributed by atoms with E-state index >= 15 is 0 Å². The van der Waals surface area contributed by atoms with Crippen molar-refractivity contribution >= 4 is 5.91 Å². The summed E-state index contributed by atoms with van der Waals surface area (Å²) >= 11 is 0. The van der Waals surface area contributed by atoms with Crippen molar-refractivity contribution in [2.45, 2.75) is 45.1 Å². The van der Waals surface area contributed by atoms with Crippen molar-refractivity contribution in [1.82, 2.24) is 5.32 Å². The van der Waals surface area contributed by atoms with Crippen LogP contribution in [-0.2, 0) is 4.79 Å². The van der Waals surface area contributed by atoms with Crippen LogP contribution in [0.15, 0.2) is 12.2 Å². The molecule has 0 aromatic heterocycles. The lowest BCUT2D eigenvalue weighted by molar-refractivity contribution is -0.121. The molecule has 1 rings (SSSR count). The van der Waals surface area contributed by atoms with Crippen LogP contribution in [0.5, 0.6) is 0 Å². The van der Waals surface area contributed by atoms with Crippen LogP contribution in [0.4, 0.5) is 0 Å². The Labute approximate surface area is 74.0 Å². The topological polar surface area (TPSA) is 29.1 Å². The van der Waals surface area contributed by atoms with Crippen LogP contribution in [0.3, 0.4) is 0 Å². The quantitative estimate of drug-likeness (QED) is 0.626. The molecule has 1 atom stereocenters. The van der Waals surface area contributed by atoms with Gasteiger partial charge in [-0.25, -0.2) is 0 Å². The zero-order valence-electron chi connectivity index (χ0n) is 7.68. The van der Waals surface area contributed by atoms with Gasteiger partial charge >= 0.3 is 0 Å². The molecule has 1 unspecified atom stereocenters. The molecule has 0 spiro atoms. The third-order valence-corrected chi connectivity index (χ3v) is 2.23. The van der Waals surface area contributed by atoms with Gasteiger partial charge in [0.05, 0.1) is 0 Å². The molecule has 68 valence electrons. The molecule has 1 heterocycles. The van der Waals surface area contributed by atoms with Crippen LogP contribution in [0.25, 0.3) is 0 Å². The Hall–Kier alpha value is -0.790. The number of nitrogens with one attached hydrogen (secondary N) is 1. The minimum atomic E-state index is 0.224. The van der Waals surface area contributed by atoms with E-state index < -0.39 is 0 Å². The number of amides is 1. The van der Waals surface area contributed by atoms with Gasteiger partial charge in [0.25, 0.3) is 0 Å². The van der Waals surface area contributed by atoms with E-state index in [1.54, 1.807) is 0 Å². The number of allylic oxidation sites excluding steroid dienone is 1. The van der Waals surface area contributed by atoms with Crippen molar-refractivity contribution in [1.29, 1.82) is 0 Å². The van der Waals surface area contributed by atoms with E-state index in [2.05, 4.69) is 11.4 Å².